The fourth-order valence-corrected chi connectivity index (χ4v) is 3.63. The molecule has 0 bridgehead atoms. The van der Waals surface area contributed by atoms with E-state index in [4.69, 9.17) is 27.9 Å². The Morgan fingerprint density at radius 1 is 1.12 bits per heavy atom. The van der Waals surface area contributed by atoms with Crippen molar-refractivity contribution < 1.29 is 14.7 Å². The first-order valence-corrected chi connectivity index (χ1v) is 15.1. The highest BCUT2D eigenvalue weighted by atomic mass is 32.1. The summed E-state index contributed by atoms with van der Waals surface area (Å²) in [6.07, 6.45) is 11.4. The normalized spacial score (nSPS) is 10.5. The van der Waals surface area contributed by atoms with Crippen molar-refractivity contribution in [1.82, 2.24) is 10.2 Å². The Morgan fingerprint density at radius 2 is 1.70 bits per heavy atom. The number of nitrogens with one attached hydrogen (secondary N) is 1. The zero-order chi connectivity index (χ0) is 31.8. The Kier molecular flexibility index (Phi) is 38.0. The molecule has 0 heterocycles. The predicted molar refractivity (Wildman–Crippen MR) is 180 cm³/mol. The van der Waals surface area contributed by atoms with Gasteiger partial charge in [0.15, 0.2) is 5.11 Å². The van der Waals surface area contributed by atoms with Gasteiger partial charge in [-0.15, -0.1) is 0 Å². The largest absolute Gasteiger partial charge is 0.483 e. The number of rotatable bonds is 13. The SMILES string of the molecule is C/C=C\C(=C/C)CCNC(=S)N(CC)CCC(C)N(C=O)c1ccccc1C.CC.CC.CCCCN.O=CO. The predicted octanol–water partition coefficient (Wildman–Crippen LogP) is 7.34. The summed E-state index contributed by atoms with van der Waals surface area (Å²) in [5.74, 6) is 0. The number of thiocarbonyl (C=S) groups is 1. The van der Waals surface area contributed by atoms with Crippen molar-refractivity contribution in [3.63, 3.8) is 0 Å². The third kappa shape index (κ3) is 23.2. The molecule has 232 valence electrons. The van der Waals surface area contributed by atoms with Crippen LogP contribution in [0.25, 0.3) is 0 Å². The van der Waals surface area contributed by atoms with Crippen LogP contribution in [-0.2, 0) is 9.59 Å². The number of allylic oxidation sites excluding steroid dienone is 3. The molecule has 0 spiro atoms. The number of anilines is 1. The summed E-state index contributed by atoms with van der Waals surface area (Å²) in [7, 11) is 0. The lowest BCUT2D eigenvalue weighted by molar-refractivity contribution is -0.122. The van der Waals surface area contributed by atoms with Gasteiger partial charge in [-0.2, -0.15) is 0 Å². The number of unbranched alkanes of at least 4 members (excludes halogenated alkanes) is 1. The molecule has 8 heteroatoms. The van der Waals surface area contributed by atoms with Gasteiger partial charge in [-0.1, -0.05) is 83.0 Å². The van der Waals surface area contributed by atoms with Crippen molar-refractivity contribution in [1.29, 1.82) is 0 Å². The smallest absolute Gasteiger partial charge is 0.290 e. The van der Waals surface area contributed by atoms with E-state index < -0.39 is 0 Å². The first kappa shape index (κ1) is 44.3. The molecule has 1 atom stereocenters. The lowest BCUT2D eigenvalue weighted by Crippen LogP contribution is -2.43. The van der Waals surface area contributed by atoms with Crippen LogP contribution in [0, 0.1) is 6.92 Å². The molecule has 4 N–H and O–H groups in total. The molecule has 0 fully saturated rings. The number of amides is 1. The highest BCUT2D eigenvalue weighted by Gasteiger charge is 2.17. The van der Waals surface area contributed by atoms with Crippen LogP contribution in [-0.4, -0.2) is 60.2 Å². The van der Waals surface area contributed by atoms with Crippen molar-refractivity contribution in [2.24, 2.45) is 5.73 Å². The highest BCUT2D eigenvalue weighted by Crippen LogP contribution is 2.21. The van der Waals surface area contributed by atoms with E-state index in [1.54, 1.807) is 0 Å². The van der Waals surface area contributed by atoms with Gasteiger partial charge in [-0.25, -0.2) is 0 Å². The van der Waals surface area contributed by atoms with Crippen LogP contribution in [0.1, 0.15) is 93.6 Å². The van der Waals surface area contributed by atoms with Gasteiger partial charge in [0.05, 0.1) is 0 Å². The Bertz CT molecular complexity index is 783. The Labute approximate surface area is 251 Å². The summed E-state index contributed by atoms with van der Waals surface area (Å²) in [6.45, 7) is 23.5. The molecule has 0 aliphatic rings. The number of nitrogens with zero attached hydrogens (tertiary/aromatic N) is 2. The van der Waals surface area contributed by atoms with Crippen molar-refractivity contribution in [3.8, 4) is 0 Å². The summed E-state index contributed by atoms with van der Waals surface area (Å²) in [5, 5.41) is 11.0. The molecule has 1 aromatic rings. The average molecular weight is 581 g/mol. The van der Waals surface area contributed by atoms with E-state index in [1.165, 1.54) is 18.4 Å². The van der Waals surface area contributed by atoms with Crippen LogP contribution in [0.5, 0.6) is 0 Å². The van der Waals surface area contributed by atoms with Gasteiger partial charge >= 0.3 is 0 Å². The van der Waals surface area contributed by atoms with Crippen LogP contribution in [0.2, 0.25) is 0 Å². The first-order valence-electron chi connectivity index (χ1n) is 14.7. The van der Waals surface area contributed by atoms with Gasteiger partial charge in [0.25, 0.3) is 6.47 Å². The molecular weight excluding hydrogens is 520 g/mol. The standard InChI is InChI=1S/C23H35N3OS.C4H11N.2C2H6.CH2O2/c1-6-11-21(7-2)14-16-24-23(28)25(8-3)17-15-20(5)26(18-27)22-13-10-9-12-19(22)4;1-2-3-4-5;2*1-2;2-1-3/h6-7,9-13,18,20H,8,14-17H2,1-5H3,(H,24,28);2-5H2,1H3;2*1-2H3;1H,(H,2,3)/b11-6-,21-7+;;;;. The molecule has 40 heavy (non-hydrogen) atoms. The molecule has 0 radical (unpaired) electrons. The lowest BCUT2D eigenvalue weighted by Gasteiger charge is -2.30. The monoisotopic (exact) mass is 580 g/mol. The van der Waals surface area contributed by atoms with Crippen molar-refractivity contribution in [3.05, 3.63) is 53.6 Å². The van der Waals surface area contributed by atoms with E-state index in [-0.39, 0.29) is 12.5 Å². The second-order valence-electron chi connectivity index (χ2n) is 8.11. The Balaban J connectivity index is -0.000000460. The maximum Gasteiger partial charge on any atom is 0.290 e. The third-order valence-corrected chi connectivity index (χ3v) is 5.87. The molecule has 1 aromatic carbocycles. The van der Waals surface area contributed by atoms with Crippen LogP contribution in [0.15, 0.2) is 48.1 Å². The summed E-state index contributed by atoms with van der Waals surface area (Å²) < 4.78 is 0. The molecule has 7 nitrogen and oxygen atoms in total. The summed E-state index contributed by atoms with van der Waals surface area (Å²) in [6, 6.07) is 8.08. The number of nitrogens with two attached hydrogens (primary N) is 1. The van der Waals surface area contributed by atoms with Gasteiger partial charge in [0, 0.05) is 31.4 Å². The van der Waals surface area contributed by atoms with Gasteiger partial charge in [0.1, 0.15) is 0 Å². The number of hydrogen-bond acceptors (Lipinski definition) is 4. The first-order chi connectivity index (χ1) is 19.3. The fraction of sp³-hybridized carbons (Fsp3) is 0.594. The Hall–Kier alpha value is -2.71. The van der Waals surface area contributed by atoms with E-state index >= 15 is 0 Å². The van der Waals surface area contributed by atoms with E-state index in [9.17, 15) is 4.79 Å². The van der Waals surface area contributed by atoms with E-state index in [1.807, 2.05) is 70.7 Å². The maximum atomic E-state index is 11.7. The molecule has 0 saturated heterocycles. The quantitative estimate of drug-likeness (QED) is 0.127. The van der Waals surface area contributed by atoms with E-state index in [0.29, 0.717) is 0 Å². The number of benzene rings is 1. The van der Waals surface area contributed by atoms with Crippen LogP contribution in [0.4, 0.5) is 5.69 Å². The molecule has 0 aliphatic carbocycles. The third-order valence-electron chi connectivity index (χ3n) is 5.47. The van der Waals surface area contributed by atoms with E-state index in [0.717, 1.165) is 61.8 Å². The number of carboxylic acid groups (broad SMARTS) is 1. The highest BCUT2D eigenvalue weighted by molar-refractivity contribution is 7.80. The summed E-state index contributed by atoms with van der Waals surface area (Å²) >= 11 is 5.58. The molecule has 1 rings (SSSR count). The van der Waals surface area contributed by atoms with Crippen LogP contribution >= 0.6 is 12.2 Å². The summed E-state index contributed by atoms with van der Waals surface area (Å²) in [5.41, 5.74) is 8.51. The average Bonchev–Trinajstić information content (AvgIpc) is 2.97. The summed E-state index contributed by atoms with van der Waals surface area (Å²) in [4.78, 5) is 24.0. The molecule has 1 unspecified atom stereocenters. The number of carbonyl (C=O) groups is 2. The van der Waals surface area contributed by atoms with Gasteiger partial charge in [-0.05, 0) is 84.3 Å². The van der Waals surface area contributed by atoms with Crippen molar-refractivity contribution >= 4 is 35.9 Å². The second kappa shape index (κ2) is 34.3. The van der Waals surface area contributed by atoms with Gasteiger partial charge in [-0.3, -0.25) is 9.59 Å². The number of aryl methyl sites for hydroxylation is 1. The topological polar surface area (TPSA) is 98.9 Å². The molecular formula is C32H60N4O3S. The molecule has 0 aliphatic heterocycles. The van der Waals surface area contributed by atoms with Crippen molar-refractivity contribution in [2.75, 3.05) is 31.1 Å². The molecule has 0 saturated carbocycles. The molecule has 0 aromatic heterocycles. The molecule has 1 amide bonds. The fourth-order valence-electron chi connectivity index (χ4n) is 3.30. The number of hydrogen-bond donors (Lipinski definition) is 3. The Morgan fingerprint density at radius 3 is 2.10 bits per heavy atom. The minimum Gasteiger partial charge on any atom is -0.483 e. The van der Waals surface area contributed by atoms with Crippen LogP contribution < -0.4 is 16.0 Å². The zero-order valence-corrected chi connectivity index (χ0v) is 27.9. The minimum absolute atomic E-state index is 0.0970. The number of carbonyl (C=O) groups excluding carboxylic acids is 1. The van der Waals surface area contributed by atoms with Crippen LogP contribution in [0.3, 0.4) is 0 Å². The maximum absolute atomic E-state index is 11.7. The van der Waals surface area contributed by atoms with Gasteiger partial charge < -0.3 is 26.0 Å². The van der Waals surface area contributed by atoms with E-state index in [2.05, 4.69) is 56.1 Å². The minimum atomic E-state index is -0.250. The van der Waals surface area contributed by atoms with Gasteiger partial charge in [0.2, 0.25) is 6.41 Å². The second-order valence-corrected chi connectivity index (χ2v) is 8.50. The zero-order valence-electron chi connectivity index (χ0n) is 27.1. The number of para-hydroxylation sites is 1. The lowest BCUT2D eigenvalue weighted by atomic mass is 10.1. The van der Waals surface area contributed by atoms with Crippen molar-refractivity contribution in [2.45, 2.75) is 101 Å².